The normalized spacial score (nSPS) is 12.4. The first kappa shape index (κ1) is 17.2. The molecule has 0 saturated heterocycles. The van der Waals surface area contributed by atoms with E-state index in [0.29, 0.717) is 0 Å². The Morgan fingerprint density at radius 2 is 1.89 bits per heavy atom. The van der Waals surface area contributed by atoms with Gasteiger partial charge in [-0.2, -0.15) is 0 Å². The number of allylic oxidation sites excluding steroid dienone is 3. The highest BCUT2D eigenvalue weighted by Crippen LogP contribution is 2.06. The molecule has 5 heteroatoms. The highest BCUT2D eigenvalue weighted by molar-refractivity contribution is 5.89. The molecule has 0 spiro atoms. The van der Waals surface area contributed by atoms with Gasteiger partial charge in [0.1, 0.15) is 17.8 Å². The Bertz CT molecular complexity index is 364. The van der Waals surface area contributed by atoms with Gasteiger partial charge in [-0.25, -0.2) is 4.79 Å². The zero-order valence-electron chi connectivity index (χ0n) is 12.3. The van der Waals surface area contributed by atoms with E-state index in [9.17, 15) is 9.59 Å². The first-order valence-corrected chi connectivity index (χ1v) is 6.26. The molecule has 5 nitrogen and oxygen atoms in total. The van der Waals surface area contributed by atoms with Crippen molar-refractivity contribution in [3.8, 4) is 0 Å². The van der Waals surface area contributed by atoms with E-state index in [1.54, 1.807) is 45.9 Å². The summed E-state index contributed by atoms with van der Waals surface area (Å²) in [6, 6.07) is 0. The van der Waals surface area contributed by atoms with Crippen molar-refractivity contribution in [3.05, 3.63) is 23.9 Å². The Hall–Kier alpha value is -1.78. The Balaban J connectivity index is 4.51. The lowest BCUT2D eigenvalue weighted by Crippen LogP contribution is -2.33. The maximum Gasteiger partial charge on any atom is 0.354 e. The molecule has 0 heterocycles. The Morgan fingerprint density at radius 1 is 1.26 bits per heavy atom. The lowest BCUT2D eigenvalue weighted by Gasteiger charge is -2.20. The van der Waals surface area contributed by atoms with Crippen LogP contribution in [0.2, 0.25) is 0 Å². The summed E-state index contributed by atoms with van der Waals surface area (Å²) in [6.07, 6.45) is 5.02. The third-order valence-electron chi connectivity index (χ3n) is 1.79. The maximum atomic E-state index is 11.6. The van der Waals surface area contributed by atoms with Crippen molar-refractivity contribution >= 4 is 11.9 Å². The van der Waals surface area contributed by atoms with Gasteiger partial charge in [0.25, 0.3) is 0 Å². The number of hydrogen-bond donors (Lipinski definition) is 1. The fraction of sp³-hybridized carbons (Fsp3) is 0.571. The van der Waals surface area contributed by atoms with E-state index in [1.165, 1.54) is 0 Å². The Labute approximate surface area is 114 Å². The summed E-state index contributed by atoms with van der Waals surface area (Å²) >= 11 is 0. The van der Waals surface area contributed by atoms with E-state index in [1.807, 2.05) is 6.92 Å². The molecule has 19 heavy (non-hydrogen) atoms. The van der Waals surface area contributed by atoms with Gasteiger partial charge in [0.2, 0.25) is 0 Å². The number of ether oxygens (including phenoxy) is 2. The van der Waals surface area contributed by atoms with Crippen molar-refractivity contribution in [2.75, 3.05) is 13.2 Å². The smallest absolute Gasteiger partial charge is 0.354 e. The van der Waals surface area contributed by atoms with Crippen LogP contribution in [0.25, 0.3) is 0 Å². The van der Waals surface area contributed by atoms with Gasteiger partial charge in [0, 0.05) is 0 Å². The molecule has 0 aliphatic rings. The third kappa shape index (κ3) is 8.88. The quantitative estimate of drug-likeness (QED) is 0.453. The second kappa shape index (κ2) is 8.34. The maximum absolute atomic E-state index is 11.6. The molecule has 0 aromatic rings. The fourth-order valence-corrected chi connectivity index (χ4v) is 1.15. The molecule has 0 aliphatic carbocycles. The molecule has 0 unspecified atom stereocenters. The van der Waals surface area contributed by atoms with Gasteiger partial charge < -0.3 is 14.8 Å². The molecule has 0 saturated carbocycles. The van der Waals surface area contributed by atoms with E-state index in [-0.39, 0.29) is 18.8 Å². The molecule has 0 aromatic heterocycles. The van der Waals surface area contributed by atoms with Gasteiger partial charge in [0.05, 0.1) is 6.61 Å². The Kier molecular flexibility index (Phi) is 7.56. The van der Waals surface area contributed by atoms with Crippen molar-refractivity contribution < 1.29 is 19.1 Å². The molecule has 0 aromatic carbocycles. The molecule has 0 rings (SSSR count). The van der Waals surface area contributed by atoms with E-state index < -0.39 is 17.5 Å². The lowest BCUT2D eigenvalue weighted by atomic mass is 10.2. The van der Waals surface area contributed by atoms with Gasteiger partial charge in [-0.15, -0.1) is 0 Å². The minimum Gasteiger partial charge on any atom is -0.461 e. The first-order chi connectivity index (χ1) is 8.80. The van der Waals surface area contributed by atoms with Crippen LogP contribution in [-0.2, 0) is 19.1 Å². The van der Waals surface area contributed by atoms with Crippen LogP contribution in [0, 0.1) is 0 Å². The predicted molar refractivity (Wildman–Crippen MR) is 73.4 cm³/mol. The number of esters is 2. The van der Waals surface area contributed by atoms with Crippen LogP contribution in [0.5, 0.6) is 0 Å². The zero-order chi connectivity index (χ0) is 14.9. The standard InChI is InChI=1S/C14H23NO4/c1-6-8-9-11(13(17)18-7-2)15-10-12(16)19-14(3,4)5/h6,8-9,15H,7,10H2,1-5H3/b8-6+,11-9+. The molecule has 0 aliphatic heterocycles. The fourth-order valence-electron chi connectivity index (χ4n) is 1.15. The van der Waals surface area contributed by atoms with Gasteiger partial charge >= 0.3 is 11.9 Å². The molecule has 0 atom stereocenters. The SMILES string of the molecule is C/C=C/C=C(/NCC(=O)OC(C)(C)C)C(=O)OCC. The van der Waals surface area contributed by atoms with Gasteiger partial charge in [0.15, 0.2) is 0 Å². The summed E-state index contributed by atoms with van der Waals surface area (Å²) in [7, 11) is 0. The number of rotatable bonds is 6. The number of carbonyl (C=O) groups excluding carboxylic acids is 2. The van der Waals surface area contributed by atoms with Gasteiger partial charge in [-0.3, -0.25) is 4.79 Å². The van der Waals surface area contributed by atoms with Crippen molar-refractivity contribution in [1.82, 2.24) is 5.32 Å². The third-order valence-corrected chi connectivity index (χ3v) is 1.79. The number of carbonyl (C=O) groups is 2. The summed E-state index contributed by atoms with van der Waals surface area (Å²) < 4.78 is 10.0. The average Bonchev–Trinajstić information content (AvgIpc) is 2.27. The summed E-state index contributed by atoms with van der Waals surface area (Å²) in [4.78, 5) is 23.1. The highest BCUT2D eigenvalue weighted by atomic mass is 16.6. The number of nitrogens with one attached hydrogen (secondary N) is 1. The van der Waals surface area contributed by atoms with Crippen LogP contribution in [0.3, 0.4) is 0 Å². The molecule has 108 valence electrons. The minimum absolute atomic E-state index is 0.0839. The van der Waals surface area contributed by atoms with E-state index in [2.05, 4.69) is 5.32 Å². The second-order valence-electron chi connectivity index (χ2n) is 4.77. The molecule has 0 bridgehead atoms. The zero-order valence-corrected chi connectivity index (χ0v) is 12.3. The molecule has 0 radical (unpaired) electrons. The van der Waals surface area contributed by atoms with Crippen molar-refractivity contribution in [2.45, 2.75) is 40.2 Å². The van der Waals surface area contributed by atoms with E-state index in [0.717, 1.165) is 0 Å². The summed E-state index contributed by atoms with van der Waals surface area (Å²) in [5.74, 6) is -0.924. The summed E-state index contributed by atoms with van der Waals surface area (Å²) in [5, 5.41) is 2.72. The second-order valence-corrected chi connectivity index (χ2v) is 4.77. The van der Waals surface area contributed by atoms with Crippen LogP contribution in [0.1, 0.15) is 34.6 Å². The van der Waals surface area contributed by atoms with Crippen molar-refractivity contribution in [2.24, 2.45) is 0 Å². The molecule has 0 amide bonds. The van der Waals surface area contributed by atoms with Gasteiger partial charge in [-0.05, 0) is 40.7 Å². The molecular formula is C14H23NO4. The van der Waals surface area contributed by atoms with Crippen LogP contribution in [-0.4, -0.2) is 30.7 Å². The van der Waals surface area contributed by atoms with Crippen LogP contribution in [0.15, 0.2) is 23.9 Å². The molecular weight excluding hydrogens is 246 g/mol. The summed E-state index contributed by atoms with van der Waals surface area (Å²) in [5.41, 5.74) is -0.318. The van der Waals surface area contributed by atoms with Gasteiger partial charge in [-0.1, -0.05) is 12.2 Å². The summed E-state index contributed by atoms with van der Waals surface area (Å²) in [6.45, 7) is 9.10. The minimum atomic E-state index is -0.546. The lowest BCUT2D eigenvalue weighted by molar-refractivity contribution is -0.153. The highest BCUT2D eigenvalue weighted by Gasteiger charge is 2.17. The monoisotopic (exact) mass is 269 g/mol. The van der Waals surface area contributed by atoms with Crippen molar-refractivity contribution in [1.29, 1.82) is 0 Å². The largest absolute Gasteiger partial charge is 0.461 e. The van der Waals surface area contributed by atoms with Crippen LogP contribution < -0.4 is 5.32 Å². The predicted octanol–water partition coefficient (Wildman–Crippen LogP) is 1.94. The number of hydrogen-bond acceptors (Lipinski definition) is 5. The van der Waals surface area contributed by atoms with E-state index >= 15 is 0 Å². The molecule has 0 fully saturated rings. The van der Waals surface area contributed by atoms with Crippen molar-refractivity contribution in [3.63, 3.8) is 0 Å². The van der Waals surface area contributed by atoms with Crippen LogP contribution >= 0.6 is 0 Å². The molecule has 1 N–H and O–H groups in total. The topological polar surface area (TPSA) is 64.6 Å². The average molecular weight is 269 g/mol. The van der Waals surface area contributed by atoms with E-state index in [4.69, 9.17) is 9.47 Å². The Morgan fingerprint density at radius 3 is 2.37 bits per heavy atom. The van der Waals surface area contributed by atoms with Crippen LogP contribution in [0.4, 0.5) is 0 Å². The first-order valence-electron chi connectivity index (χ1n) is 6.26.